The fraction of sp³-hybridized carbons (Fsp3) is 0.824. The molecule has 1 aliphatic heterocycles. The van der Waals surface area contributed by atoms with E-state index >= 15 is 0 Å². The van der Waals surface area contributed by atoms with Gasteiger partial charge in [0.15, 0.2) is 0 Å². The molecule has 0 aromatic carbocycles. The van der Waals surface area contributed by atoms with Crippen LogP contribution in [0.15, 0.2) is 11.8 Å². The number of nitrogens with zero attached hydrogens (tertiary/aromatic N) is 1. The van der Waals surface area contributed by atoms with Crippen LogP contribution in [0.5, 0.6) is 0 Å². The molecule has 1 heterocycles. The average molecular weight is 411 g/mol. The van der Waals surface area contributed by atoms with E-state index in [2.05, 4.69) is 4.18 Å². The van der Waals surface area contributed by atoms with E-state index in [1.54, 1.807) is 25.7 Å². The summed E-state index contributed by atoms with van der Waals surface area (Å²) < 4.78 is 70.8. The monoisotopic (exact) mass is 411 g/mol. The van der Waals surface area contributed by atoms with E-state index in [0.717, 1.165) is 25.7 Å². The molecule has 27 heavy (non-hydrogen) atoms. The number of hydrogen-bond donors (Lipinski definition) is 0. The number of rotatable bonds is 4. The van der Waals surface area contributed by atoms with Crippen LogP contribution in [0.25, 0.3) is 0 Å². The van der Waals surface area contributed by atoms with Crippen molar-refractivity contribution in [3.63, 3.8) is 0 Å². The van der Waals surface area contributed by atoms with Crippen molar-refractivity contribution >= 4 is 16.2 Å². The predicted octanol–water partition coefficient (Wildman–Crippen LogP) is 3.93. The van der Waals surface area contributed by atoms with Gasteiger partial charge in [0.2, 0.25) is 0 Å². The van der Waals surface area contributed by atoms with Gasteiger partial charge in [-0.15, -0.1) is 0 Å². The summed E-state index contributed by atoms with van der Waals surface area (Å²) in [5.41, 5.74) is -6.19. The van der Waals surface area contributed by atoms with Gasteiger partial charge < -0.3 is 8.92 Å². The van der Waals surface area contributed by atoms with Crippen LogP contribution in [0.3, 0.4) is 0 Å². The lowest BCUT2D eigenvalue weighted by Crippen LogP contribution is -2.53. The maximum atomic E-state index is 12.8. The molecule has 10 heteroatoms. The lowest BCUT2D eigenvalue weighted by atomic mass is 9.95. The predicted molar refractivity (Wildman–Crippen MR) is 89.9 cm³/mol. The first-order valence-electron chi connectivity index (χ1n) is 9.01. The summed E-state index contributed by atoms with van der Waals surface area (Å²) in [6, 6.07) is -0.938. The van der Waals surface area contributed by atoms with E-state index in [1.165, 1.54) is 6.08 Å². The van der Waals surface area contributed by atoms with Gasteiger partial charge in [-0.2, -0.15) is 21.6 Å². The van der Waals surface area contributed by atoms with Gasteiger partial charge in [-0.1, -0.05) is 0 Å². The average Bonchev–Trinajstić information content (AvgIpc) is 3.34. The van der Waals surface area contributed by atoms with Crippen LogP contribution in [-0.4, -0.2) is 42.6 Å². The summed E-state index contributed by atoms with van der Waals surface area (Å²) in [7, 11) is -5.72. The molecule has 0 spiro atoms. The molecule has 0 aromatic rings. The summed E-state index contributed by atoms with van der Waals surface area (Å²) in [4.78, 5) is 14.4. The van der Waals surface area contributed by atoms with Crippen molar-refractivity contribution in [2.45, 2.75) is 76.1 Å². The van der Waals surface area contributed by atoms with E-state index in [9.17, 15) is 26.4 Å². The second-order valence-corrected chi connectivity index (χ2v) is 9.98. The smallest absolute Gasteiger partial charge is 0.444 e. The molecular formula is C17H24F3NO5S. The van der Waals surface area contributed by atoms with Crippen LogP contribution in [0.2, 0.25) is 0 Å². The molecule has 0 aromatic heterocycles. The molecule has 1 amide bonds. The van der Waals surface area contributed by atoms with Crippen LogP contribution < -0.4 is 0 Å². The minimum Gasteiger partial charge on any atom is -0.444 e. The fourth-order valence-corrected chi connectivity index (χ4v) is 3.86. The lowest BCUT2D eigenvalue weighted by Gasteiger charge is -2.41. The number of amides is 1. The number of carbonyl (C=O) groups is 1. The normalized spacial score (nSPS) is 27.2. The molecule has 2 aliphatic carbocycles. The first kappa shape index (κ1) is 20.3. The van der Waals surface area contributed by atoms with Gasteiger partial charge in [0.05, 0.1) is 6.04 Å². The van der Waals surface area contributed by atoms with Crippen LogP contribution in [0.1, 0.15) is 52.9 Å². The highest BCUT2D eigenvalue weighted by molar-refractivity contribution is 7.87. The van der Waals surface area contributed by atoms with Crippen molar-refractivity contribution < 1.29 is 35.3 Å². The fourth-order valence-electron chi connectivity index (χ4n) is 3.36. The van der Waals surface area contributed by atoms with Gasteiger partial charge >= 0.3 is 21.7 Å². The largest absolute Gasteiger partial charge is 0.534 e. The highest BCUT2D eigenvalue weighted by atomic mass is 32.2. The van der Waals surface area contributed by atoms with E-state index in [4.69, 9.17) is 4.74 Å². The van der Waals surface area contributed by atoms with Gasteiger partial charge in [-0.3, -0.25) is 4.90 Å². The molecule has 0 radical (unpaired) electrons. The number of halogens is 3. The SMILES string of the molecule is CC(C)(C)OC(=O)N1[C@@H](C2CC2)CC(OS(=O)(=O)C(F)(F)F)=C[C@H]1C1CC1. The summed E-state index contributed by atoms with van der Waals surface area (Å²) >= 11 is 0. The summed E-state index contributed by atoms with van der Waals surface area (Å²) in [5.74, 6) is -0.0492. The molecule has 2 fully saturated rings. The summed E-state index contributed by atoms with van der Waals surface area (Å²) in [6.45, 7) is 5.23. The van der Waals surface area contributed by atoms with Crippen LogP contribution in [0.4, 0.5) is 18.0 Å². The first-order chi connectivity index (χ1) is 12.3. The Morgan fingerprint density at radius 2 is 1.67 bits per heavy atom. The minimum absolute atomic E-state index is 0.0670. The third-order valence-electron chi connectivity index (χ3n) is 4.82. The standard InChI is InChI=1S/C17H24F3NO5S/c1-16(2,3)25-15(22)21-13(10-4-5-10)8-12(9-14(21)11-6-7-11)26-27(23,24)17(18,19)20/h8,10-11,13-14H,4-7,9H2,1-3H3/t13-,14+/m0/s1. The quantitative estimate of drug-likeness (QED) is 0.518. The van der Waals surface area contributed by atoms with Crippen molar-refractivity contribution in [3.8, 4) is 0 Å². The van der Waals surface area contributed by atoms with Crippen LogP contribution in [0, 0.1) is 11.8 Å². The van der Waals surface area contributed by atoms with Gasteiger partial charge in [-0.05, 0) is 64.4 Å². The Bertz CT molecular complexity index is 733. The first-order valence-corrected chi connectivity index (χ1v) is 10.4. The zero-order valence-electron chi connectivity index (χ0n) is 15.5. The van der Waals surface area contributed by atoms with Crippen molar-refractivity contribution in [1.82, 2.24) is 4.90 Å². The Labute approximate surface area is 156 Å². The van der Waals surface area contributed by atoms with Gasteiger partial charge in [0, 0.05) is 12.5 Å². The molecule has 154 valence electrons. The van der Waals surface area contributed by atoms with Crippen molar-refractivity contribution in [3.05, 3.63) is 11.8 Å². The lowest BCUT2D eigenvalue weighted by molar-refractivity contribution is -0.0531. The highest BCUT2D eigenvalue weighted by Gasteiger charge is 2.52. The molecule has 3 rings (SSSR count). The van der Waals surface area contributed by atoms with Gasteiger partial charge in [0.25, 0.3) is 0 Å². The van der Waals surface area contributed by atoms with Gasteiger partial charge in [0.1, 0.15) is 11.4 Å². The zero-order chi connectivity index (χ0) is 20.2. The molecule has 2 saturated carbocycles. The van der Waals surface area contributed by atoms with Crippen LogP contribution >= 0.6 is 0 Å². The Morgan fingerprint density at radius 3 is 2.11 bits per heavy atom. The van der Waals surface area contributed by atoms with Crippen molar-refractivity contribution in [2.75, 3.05) is 0 Å². The van der Waals surface area contributed by atoms with Crippen molar-refractivity contribution in [1.29, 1.82) is 0 Å². The second kappa shape index (κ2) is 6.56. The third-order valence-corrected chi connectivity index (χ3v) is 5.82. The molecule has 6 nitrogen and oxygen atoms in total. The number of alkyl halides is 3. The number of carbonyl (C=O) groups excluding carboxylic acids is 1. The molecule has 3 aliphatic rings. The van der Waals surface area contributed by atoms with E-state index in [1.807, 2.05) is 0 Å². The topological polar surface area (TPSA) is 72.9 Å². The Balaban J connectivity index is 1.89. The molecule has 0 saturated heterocycles. The maximum Gasteiger partial charge on any atom is 0.534 e. The van der Waals surface area contributed by atoms with Crippen LogP contribution in [-0.2, 0) is 19.0 Å². The third kappa shape index (κ3) is 4.70. The number of ether oxygens (including phenoxy) is 1. The minimum atomic E-state index is -5.72. The van der Waals surface area contributed by atoms with E-state index < -0.39 is 39.4 Å². The Kier molecular flexibility index (Phi) is 4.93. The molecular weight excluding hydrogens is 387 g/mol. The van der Waals surface area contributed by atoms with E-state index in [0.29, 0.717) is 0 Å². The molecule has 0 N–H and O–H groups in total. The summed E-state index contributed by atoms with van der Waals surface area (Å²) in [6.07, 6.45) is 4.06. The van der Waals surface area contributed by atoms with Crippen molar-refractivity contribution in [2.24, 2.45) is 11.8 Å². The molecule has 0 unspecified atom stereocenters. The van der Waals surface area contributed by atoms with Gasteiger partial charge in [-0.25, -0.2) is 4.79 Å². The highest BCUT2D eigenvalue weighted by Crippen LogP contribution is 2.47. The summed E-state index contributed by atoms with van der Waals surface area (Å²) in [5, 5.41) is 0. The molecule has 2 atom stereocenters. The maximum absolute atomic E-state index is 12.8. The second-order valence-electron chi connectivity index (χ2n) is 8.44. The Hall–Kier alpha value is -1.45. The number of hydrogen-bond acceptors (Lipinski definition) is 5. The van der Waals surface area contributed by atoms with E-state index in [-0.39, 0.29) is 24.0 Å². The zero-order valence-corrected chi connectivity index (χ0v) is 16.3. The Morgan fingerprint density at radius 1 is 1.11 bits per heavy atom. The molecule has 0 bridgehead atoms.